The molecular formula is C26H24Cl2N4O3. The van der Waals surface area contributed by atoms with Crippen molar-refractivity contribution in [2.45, 2.75) is 6.04 Å². The number of nitrogens with zero attached hydrogens (tertiary/aromatic N) is 4. The molecule has 0 bridgehead atoms. The van der Waals surface area contributed by atoms with Gasteiger partial charge < -0.3 is 24.9 Å². The first-order valence-electron chi connectivity index (χ1n) is 11.0. The molecule has 0 saturated carbocycles. The number of anilines is 1. The summed E-state index contributed by atoms with van der Waals surface area (Å²) in [6, 6.07) is 20.0. The summed E-state index contributed by atoms with van der Waals surface area (Å²) in [5.41, 5.74) is 3.14. The Morgan fingerprint density at radius 3 is 2.43 bits per heavy atom. The third kappa shape index (κ3) is 5.63. The van der Waals surface area contributed by atoms with E-state index in [9.17, 15) is 5.21 Å². The molecule has 1 aliphatic heterocycles. The number of rotatable bonds is 6. The van der Waals surface area contributed by atoms with Crippen LogP contribution in [0.4, 0.5) is 11.4 Å². The van der Waals surface area contributed by atoms with E-state index in [0.717, 1.165) is 16.8 Å². The van der Waals surface area contributed by atoms with E-state index in [2.05, 4.69) is 14.9 Å². The molecule has 4 rings (SSSR count). The van der Waals surface area contributed by atoms with E-state index in [4.69, 9.17) is 39.6 Å². The first-order chi connectivity index (χ1) is 17.0. The van der Waals surface area contributed by atoms with Gasteiger partial charge in [0.25, 0.3) is 0 Å². The zero-order valence-corrected chi connectivity index (χ0v) is 20.3. The maximum absolute atomic E-state index is 9.88. The molecule has 7 nitrogen and oxygen atoms in total. The predicted molar refractivity (Wildman–Crippen MR) is 138 cm³/mol. The van der Waals surface area contributed by atoms with Crippen molar-refractivity contribution in [2.24, 2.45) is 5.16 Å². The van der Waals surface area contributed by atoms with Gasteiger partial charge in [0.2, 0.25) is 0 Å². The summed E-state index contributed by atoms with van der Waals surface area (Å²) in [4.78, 5) is 7.67. The summed E-state index contributed by atoms with van der Waals surface area (Å²) in [5.74, 6) is 1.03. The van der Waals surface area contributed by atoms with E-state index in [1.54, 1.807) is 30.3 Å². The van der Waals surface area contributed by atoms with Crippen molar-refractivity contribution in [3.05, 3.63) is 99.3 Å². The Labute approximate surface area is 214 Å². The zero-order valence-electron chi connectivity index (χ0n) is 18.8. The second-order valence-electron chi connectivity index (χ2n) is 7.97. The number of hydrogen-bond donors (Lipinski definition) is 2. The number of oxime groups is 1. The molecule has 0 spiro atoms. The van der Waals surface area contributed by atoms with Gasteiger partial charge in [-0.25, -0.2) is 4.85 Å². The molecule has 0 aliphatic carbocycles. The van der Waals surface area contributed by atoms with Gasteiger partial charge in [0.15, 0.2) is 11.5 Å². The van der Waals surface area contributed by atoms with Crippen molar-refractivity contribution < 1.29 is 15.1 Å². The smallest absolute Gasteiger partial charge is 0.187 e. The Morgan fingerprint density at radius 2 is 1.80 bits per heavy atom. The highest BCUT2D eigenvalue weighted by molar-refractivity contribution is 6.33. The molecule has 3 aromatic carbocycles. The molecule has 0 aromatic heterocycles. The standard InChI is InChI=1S/C26H24Cl2N4O3/c1-29-21-8-4-19(5-9-21)26(30-34)31-12-13-32(25(17-31)18-2-6-20(27)7-3-18)24-11-10-22(16-23(24)28)35-15-14-33/h2-11,16,25,33-34H,12-15,17H2/t25-/m0/s1. The fourth-order valence-electron chi connectivity index (χ4n) is 4.20. The Morgan fingerprint density at radius 1 is 1.06 bits per heavy atom. The highest BCUT2D eigenvalue weighted by Crippen LogP contribution is 2.37. The van der Waals surface area contributed by atoms with Crippen molar-refractivity contribution in [1.82, 2.24) is 4.90 Å². The molecule has 35 heavy (non-hydrogen) atoms. The minimum atomic E-state index is -0.109. The highest BCUT2D eigenvalue weighted by atomic mass is 35.5. The van der Waals surface area contributed by atoms with E-state index >= 15 is 0 Å². The Bertz CT molecular complexity index is 1230. The summed E-state index contributed by atoms with van der Waals surface area (Å²) >= 11 is 12.8. The molecule has 1 atom stereocenters. The Balaban J connectivity index is 1.65. The van der Waals surface area contributed by atoms with Crippen LogP contribution >= 0.6 is 23.2 Å². The lowest BCUT2D eigenvalue weighted by molar-refractivity contribution is 0.201. The molecule has 0 radical (unpaired) electrons. The topological polar surface area (TPSA) is 72.9 Å². The van der Waals surface area contributed by atoms with E-state index in [-0.39, 0.29) is 19.3 Å². The van der Waals surface area contributed by atoms with Crippen LogP contribution in [0.25, 0.3) is 4.85 Å². The molecule has 1 heterocycles. The van der Waals surface area contributed by atoms with Gasteiger partial charge in [-0.3, -0.25) is 0 Å². The van der Waals surface area contributed by atoms with Crippen molar-refractivity contribution in [2.75, 3.05) is 37.7 Å². The van der Waals surface area contributed by atoms with E-state index < -0.39 is 0 Å². The maximum atomic E-state index is 9.88. The molecule has 0 amide bonds. The van der Waals surface area contributed by atoms with Crippen molar-refractivity contribution in [3.8, 4) is 5.75 Å². The van der Waals surface area contributed by atoms with Crippen LogP contribution in [-0.4, -0.2) is 53.9 Å². The van der Waals surface area contributed by atoms with Crippen LogP contribution in [0.2, 0.25) is 10.0 Å². The highest BCUT2D eigenvalue weighted by Gasteiger charge is 2.32. The number of piperazine rings is 1. The lowest BCUT2D eigenvalue weighted by Gasteiger charge is -2.44. The lowest BCUT2D eigenvalue weighted by Crippen LogP contribution is -2.51. The fraction of sp³-hybridized carbons (Fsp3) is 0.231. The first-order valence-corrected chi connectivity index (χ1v) is 11.8. The van der Waals surface area contributed by atoms with Crippen LogP contribution in [0.5, 0.6) is 5.75 Å². The number of benzene rings is 3. The van der Waals surface area contributed by atoms with E-state index in [1.807, 2.05) is 41.3 Å². The van der Waals surface area contributed by atoms with Crippen LogP contribution in [-0.2, 0) is 0 Å². The number of ether oxygens (including phenoxy) is 1. The van der Waals surface area contributed by atoms with E-state index in [0.29, 0.717) is 47.0 Å². The van der Waals surface area contributed by atoms with Gasteiger partial charge >= 0.3 is 0 Å². The van der Waals surface area contributed by atoms with Crippen LogP contribution in [0.15, 0.2) is 71.9 Å². The number of aliphatic hydroxyl groups excluding tert-OH is 1. The van der Waals surface area contributed by atoms with Gasteiger partial charge in [0.1, 0.15) is 12.4 Å². The van der Waals surface area contributed by atoms with Gasteiger partial charge in [0.05, 0.1) is 29.9 Å². The second-order valence-corrected chi connectivity index (χ2v) is 8.82. The normalized spacial score (nSPS) is 16.2. The molecule has 9 heteroatoms. The minimum absolute atomic E-state index is 0.0741. The number of amidine groups is 1. The van der Waals surface area contributed by atoms with Gasteiger partial charge in [-0.15, -0.1) is 0 Å². The molecule has 1 fully saturated rings. The van der Waals surface area contributed by atoms with Gasteiger partial charge in [-0.2, -0.15) is 0 Å². The van der Waals surface area contributed by atoms with Crippen LogP contribution in [0.3, 0.4) is 0 Å². The quantitative estimate of drug-likeness (QED) is 0.148. The summed E-state index contributed by atoms with van der Waals surface area (Å²) in [5, 5.41) is 23.7. The van der Waals surface area contributed by atoms with Gasteiger partial charge in [-0.05, 0) is 29.8 Å². The Kier molecular flexibility index (Phi) is 7.98. The SMILES string of the molecule is [C-]#[N+]c1ccc(C(=NO)N2CCN(c3ccc(OCCO)cc3Cl)[C@H](c3ccc(Cl)cc3)C2)cc1. The van der Waals surface area contributed by atoms with Gasteiger partial charge in [-0.1, -0.05) is 64.8 Å². The van der Waals surface area contributed by atoms with Crippen LogP contribution in [0.1, 0.15) is 17.2 Å². The van der Waals surface area contributed by atoms with Crippen molar-refractivity contribution in [3.63, 3.8) is 0 Å². The van der Waals surface area contributed by atoms with Crippen molar-refractivity contribution >= 4 is 40.4 Å². The monoisotopic (exact) mass is 510 g/mol. The second kappa shape index (κ2) is 11.3. The largest absolute Gasteiger partial charge is 0.491 e. The number of aliphatic hydroxyl groups is 1. The number of hydrogen-bond acceptors (Lipinski definition) is 5. The summed E-state index contributed by atoms with van der Waals surface area (Å²) in [6.07, 6.45) is 0. The average molecular weight is 511 g/mol. The van der Waals surface area contributed by atoms with Crippen molar-refractivity contribution in [1.29, 1.82) is 0 Å². The van der Waals surface area contributed by atoms with Crippen LogP contribution < -0.4 is 9.64 Å². The zero-order chi connectivity index (χ0) is 24.8. The third-order valence-corrected chi connectivity index (χ3v) is 6.43. The first kappa shape index (κ1) is 24.7. The van der Waals surface area contributed by atoms with Gasteiger partial charge in [0, 0.05) is 36.3 Å². The number of halogens is 2. The molecule has 3 aromatic rings. The maximum Gasteiger partial charge on any atom is 0.187 e. The molecule has 0 unspecified atom stereocenters. The summed E-state index contributed by atoms with van der Waals surface area (Å²) in [6.45, 7) is 9.02. The third-order valence-electron chi connectivity index (χ3n) is 5.87. The molecule has 180 valence electrons. The average Bonchev–Trinajstić information content (AvgIpc) is 2.89. The van der Waals surface area contributed by atoms with E-state index in [1.165, 1.54) is 0 Å². The fourth-order valence-corrected chi connectivity index (χ4v) is 4.60. The molecule has 2 N–H and O–H groups in total. The summed E-state index contributed by atoms with van der Waals surface area (Å²) in [7, 11) is 0. The van der Waals surface area contributed by atoms with Crippen LogP contribution in [0, 0.1) is 6.57 Å². The summed E-state index contributed by atoms with van der Waals surface area (Å²) < 4.78 is 5.49. The molecular weight excluding hydrogens is 487 g/mol. The Hall–Kier alpha value is -3.44. The lowest BCUT2D eigenvalue weighted by atomic mass is 10.00. The molecule has 1 aliphatic rings. The molecule has 1 saturated heterocycles. The minimum Gasteiger partial charge on any atom is -0.491 e. The predicted octanol–water partition coefficient (Wildman–Crippen LogP) is 5.61.